The van der Waals surface area contributed by atoms with E-state index in [4.69, 9.17) is 16.3 Å². The summed E-state index contributed by atoms with van der Waals surface area (Å²) in [6.45, 7) is 3.09. The van der Waals surface area contributed by atoms with Crippen LogP contribution in [0.2, 0.25) is 5.02 Å². The van der Waals surface area contributed by atoms with Crippen LogP contribution in [-0.2, 0) is 0 Å². The van der Waals surface area contributed by atoms with Crippen LogP contribution in [0.4, 0.5) is 8.78 Å². The number of benzene rings is 1. The zero-order chi connectivity index (χ0) is 20.9. The number of aromatic nitrogens is 1. The molecule has 1 fully saturated rings. The van der Waals surface area contributed by atoms with Crippen molar-refractivity contribution in [1.29, 1.82) is 0 Å². The molecule has 156 valence electrons. The topological polar surface area (TPSA) is 42.4 Å². The molecule has 1 aliphatic heterocycles. The summed E-state index contributed by atoms with van der Waals surface area (Å²) in [6, 6.07) is 9.51. The molecule has 0 radical (unpaired) electrons. The SMILES string of the molecule is Cc1cccc(OCCCCC2(F)CCN(C(=O)c3ccc(F)c(Cl)c3)CC2)n1. The average molecular weight is 423 g/mol. The molecule has 2 heterocycles. The van der Waals surface area contributed by atoms with E-state index in [9.17, 15) is 9.18 Å². The maximum absolute atomic E-state index is 15.1. The zero-order valence-electron chi connectivity index (χ0n) is 16.5. The number of halogens is 3. The minimum absolute atomic E-state index is 0.0872. The Morgan fingerprint density at radius 1 is 1.24 bits per heavy atom. The molecular weight excluding hydrogens is 398 g/mol. The molecule has 0 N–H and O–H groups in total. The van der Waals surface area contributed by atoms with Gasteiger partial charge in [-0.3, -0.25) is 4.79 Å². The summed E-state index contributed by atoms with van der Waals surface area (Å²) in [5.41, 5.74) is -0.0437. The second kappa shape index (κ2) is 9.53. The van der Waals surface area contributed by atoms with Gasteiger partial charge in [0.15, 0.2) is 0 Å². The first-order valence-corrected chi connectivity index (χ1v) is 10.2. The summed E-state index contributed by atoms with van der Waals surface area (Å²) < 4.78 is 33.9. The van der Waals surface area contributed by atoms with Crippen molar-refractivity contribution in [2.24, 2.45) is 0 Å². The van der Waals surface area contributed by atoms with Gasteiger partial charge in [0.2, 0.25) is 5.88 Å². The fourth-order valence-electron chi connectivity index (χ4n) is 3.49. The van der Waals surface area contributed by atoms with E-state index >= 15 is 4.39 Å². The van der Waals surface area contributed by atoms with E-state index in [1.807, 2.05) is 25.1 Å². The molecule has 7 heteroatoms. The Hall–Kier alpha value is -2.21. The summed E-state index contributed by atoms with van der Waals surface area (Å²) in [5.74, 6) is -0.215. The predicted molar refractivity (Wildman–Crippen MR) is 109 cm³/mol. The second-order valence-electron chi connectivity index (χ2n) is 7.49. The monoisotopic (exact) mass is 422 g/mol. The molecule has 0 saturated carbocycles. The zero-order valence-corrected chi connectivity index (χ0v) is 17.2. The number of alkyl halides is 1. The van der Waals surface area contributed by atoms with Crippen molar-refractivity contribution in [1.82, 2.24) is 9.88 Å². The first-order valence-electron chi connectivity index (χ1n) is 9.86. The van der Waals surface area contributed by atoms with Crippen LogP contribution in [0.5, 0.6) is 5.88 Å². The van der Waals surface area contributed by atoms with E-state index in [2.05, 4.69) is 4.98 Å². The van der Waals surface area contributed by atoms with Gasteiger partial charge in [-0.1, -0.05) is 17.7 Å². The number of unbranched alkanes of at least 4 members (excludes halogenated alkanes) is 1. The molecule has 0 atom stereocenters. The maximum Gasteiger partial charge on any atom is 0.253 e. The Labute approximate surface area is 174 Å². The van der Waals surface area contributed by atoms with E-state index in [-0.39, 0.29) is 10.9 Å². The molecule has 0 aliphatic carbocycles. The number of carbonyl (C=O) groups is 1. The molecular formula is C22H25ClF2N2O2. The largest absolute Gasteiger partial charge is 0.478 e. The number of hydrogen-bond acceptors (Lipinski definition) is 3. The third-order valence-corrected chi connectivity index (χ3v) is 5.53. The van der Waals surface area contributed by atoms with Gasteiger partial charge in [-0.2, -0.15) is 0 Å². The van der Waals surface area contributed by atoms with Crippen molar-refractivity contribution in [3.05, 3.63) is 58.5 Å². The van der Waals surface area contributed by atoms with Crippen LogP contribution in [-0.4, -0.2) is 41.2 Å². The third-order valence-electron chi connectivity index (χ3n) is 5.25. The van der Waals surface area contributed by atoms with E-state index < -0.39 is 11.5 Å². The third kappa shape index (κ3) is 5.89. The number of rotatable bonds is 7. The number of hydrogen-bond donors (Lipinski definition) is 0. The fourth-order valence-corrected chi connectivity index (χ4v) is 3.67. The number of amides is 1. The Bertz CT molecular complexity index is 854. The van der Waals surface area contributed by atoms with Crippen molar-refractivity contribution in [3.63, 3.8) is 0 Å². The predicted octanol–water partition coefficient (Wildman–Crippen LogP) is 5.38. The summed E-state index contributed by atoms with van der Waals surface area (Å²) in [5, 5.41) is -0.0872. The normalized spacial score (nSPS) is 15.9. The smallest absolute Gasteiger partial charge is 0.253 e. The van der Waals surface area contributed by atoms with Gasteiger partial charge in [0.1, 0.15) is 11.5 Å². The highest BCUT2D eigenvalue weighted by molar-refractivity contribution is 6.31. The highest BCUT2D eigenvalue weighted by Crippen LogP contribution is 2.32. The van der Waals surface area contributed by atoms with Crippen LogP contribution in [0.25, 0.3) is 0 Å². The molecule has 1 aromatic heterocycles. The number of pyridine rings is 1. The van der Waals surface area contributed by atoms with Gasteiger partial charge in [-0.05, 0) is 63.3 Å². The highest BCUT2D eigenvalue weighted by atomic mass is 35.5. The number of nitrogens with zero attached hydrogens (tertiary/aromatic N) is 2. The van der Waals surface area contributed by atoms with Crippen LogP contribution in [0, 0.1) is 12.7 Å². The Morgan fingerprint density at radius 2 is 2.00 bits per heavy atom. The number of ether oxygens (including phenoxy) is 1. The molecule has 0 bridgehead atoms. The molecule has 1 aliphatic rings. The molecule has 0 spiro atoms. The number of piperidine rings is 1. The van der Waals surface area contributed by atoms with Gasteiger partial charge >= 0.3 is 0 Å². The lowest BCUT2D eigenvalue weighted by molar-refractivity contribution is 0.0382. The summed E-state index contributed by atoms with van der Waals surface area (Å²) in [4.78, 5) is 18.4. The van der Waals surface area contributed by atoms with Crippen molar-refractivity contribution >= 4 is 17.5 Å². The van der Waals surface area contributed by atoms with E-state index in [1.54, 1.807) is 4.90 Å². The molecule has 0 unspecified atom stereocenters. The molecule has 1 saturated heterocycles. The van der Waals surface area contributed by atoms with Gasteiger partial charge in [0.05, 0.1) is 11.6 Å². The molecule has 1 amide bonds. The summed E-state index contributed by atoms with van der Waals surface area (Å²) in [7, 11) is 0. The number of aryl methyl sites for hydroxylation is 1. The van der Waals surface area contributed by atoms with Crippen molar-refractivity contribution in [2.45, 2.75) is 44.7 Å². The highest BCUT2D eigenvalue weighted by Gasteiger charge is 2.35. The quantitative estimate of drug-likeness (QED) is 0.563. The summed E-state index contributed by atoms with van der Waals surface area (Å²) >= 11 is 5.75. The Morgan fingerprint density at radius 3 is 2.69 bits per heavy atom. The Kier molecular flexibility index (Phi) is 7.06. The lowest BCUT2D eigenvalue weighted by Crippen LogP contribution is -2.44. The second-order valence-corrected chi connectivity index (χ2v) is 7.90. The van der Waals surface area contributed by atoms with Crippen LogP contribution in [0.15, 0.2) is 36.4 Å². The Balaban J connectivity index is 1.40. The van der Waals surface area contributed by atoms with Crippen molar-refractivity contribution in [2.75, 3.05) is 19.7 Å². The standard InChI is InChI=1S/C22H25ClF2N2O2/c1-16-5-4-6-20(26-16)29-14-3-2-9-22(25)10-12-27(13-11-22)21(28)17-7-8-19(24)18(23)15-17/h4-8,15H,2-3,9-14H2,1H3. The molecule has 29 heavy (non-hydrogen) atoms. The lowest BCUT2D eigenvalue weighted by atomic mass is 9.88. The fraction of sp³-hybridized carbons (Fsp3) is 0.455. The van der Waals surface area contributed by atoms with Crippen LogP contribution < -0.4 is 4.74 Å². The van der Waals surface area contributed by atoms with Crippen molar-refractivity contribution in [3.8, 4) is 5.88 Å². The van der Waals surface area contributed by atoms with Gasteiger partial charge in [0.25, 0.3) is 5.91 Å². The first kappa shape index (κ1) is 21.5. The minimum Gasteiger partial charge on any atom is -0.478 e. The lowest BCUT2D eigenvalue weighted by Gasteiger charge is -2.36. The van der Waals surface area contributed by atoms with Gasteiger partial charge in [0, 0.05) is 30.4 Å². The van der Waals surface area contributed by atoms with E-state index in [0.717, 1.165) is 12.1 Å². The van der Waals surface area contributed by atoms with Gasteiger partial charge < -0.3 is 9.64 Å². The van der Waals surface area contributed by atoms with E-state index in [1.165, 1.54) is 18.2 Å². The summed E-state index contributed by atoms with van der Waals surface area (Å²) in [6.07, 6.45) is 2.51. The minimum atomic E-state index is -1.27. The first-order chi connectivity index (χ1) is 13.9. The van der Waals surface area contributed by atoms with Crippen LogP contribution >= 0.6 is 11.6 Å². The van der Waals surface area contributed by atoms with Gasteiger partial charge in [-0.15, -0.1) is 0 Å². The van der Waals surface area contributed by atoms with Crippen LogP contribution in [0.3, 0.4) is 0 Å². The average Bonchev–Trinajstić information content (AvgIpc) is 2.70. The molecule has 3 rings (SSSR count). The number of likely N-dealkylation sites (tertiary alicyclic amines) is 1. The molecule has 1 aromatic carbocycles. The van der Waals surface area contributed by atoms with Crippen molar-refractivity contribution < 1.29 is 18.3 Å². The van der Waals surface area contributed by atoms with E-state index in [0.29, 0.717) is 56.8 Å². The number of carbonyl (C=O) groups excluding carboxylic acids is 1. The molecule has 2 aromatic rings. The van der Waals surface area contributed by atoms with Gasteiger partial charge in [-0.25, -0.2) is 13.8 Å². The molecule has 4 nitrogen and oxygen atoms in total. The maximum atomic E-state index is 15.1. The van der Waals surface area contributed by atoms with Crippen LogP contribution in [0.1, 0.15) is 48.2 Å².